The summed E-state index contributed by atoms with van der Waals surface area (Å²) >= 11 is 0. The molecule has 0 spiro atoms. The smallest absolute Gasteiger partial charge is 0.276 e. The normalized spacial score (nSPS) is 12.2. The van der Waals surface area contributed by atoms with E-state index in [9.17, 15) is 8.42 Å². The highest BCUT2D eigenvalue weighted by atomic mass is 32.2. The van der Waals surface area contributed by atoms with Gasteiger partial charge in [0.05, 0.1) is 6.54 Å². The van der Waals surface area contributed by atoms with Gasteiger partial charge < -0.3 is 9.73 Å². The minimum absolute atomic E-state index is 0.0115. The molecule has 1 N–H and O–H groups in total. The third kappa shape index (κ3) is 4.47. The first-order valence-electron chi connectivity index (χ1n) is 6.82. The van der Waals surface area contributed by atoms with Crippen molar-refractivity contribution in [3.63, 3.8) is 0 Å². The molecule has 0 radical (unpaired) electrons. The van der Waals surface area contributed by atoms with Gasteiger partial charge in [-0.2, -0.15) is 4.31 Å². The molecule has 6 heteroatoms. The van der Waals surface area contributed by atoms with Crippen molar-refractivity contribution in [2.24, 2.45) is 5.92 Å². The first-order valence-corrected chi connectivity index (χ1v) is 8.26. The van der Waals surface area contributed by atoms with Gasteiger partial charge >= 0.3 is 0 Å². The summed E-state index contributed by atoms with van der Waals surface area (Å²) in [5.74, 6) is 1.16. The molecule has 1 heterocycles. The second-order valence-corrected chi connectivity index (χ2v) is 6.86. The Hall–Kier alpha value is -1.11. The van der Waals surface area contributed by atoms with Gasteiger partial charge in [0.15, 0.2) is 0 Å². The lowest BCUT2D eigenvalue weighted by Crippen LogP contribution is -2.30. The van der Waals surface area contributed by atoms with Crippen molar-refractivity contribution >= 4 is 10.0 Å². The van der Waals surface area contributed by atoms with Crippen LogP contribution in [-0.2, 0) is 16.6 Å². The van der Waals surface area contributed by atoms with E-state index in [4.69, 9.17) is 4.42 Å². The SMILES string of the molecule is C=CCN(CC)S(=O)(=O)c1ccc(CNCC(C)C)o1. The molecule has 1 rings (SSSR count). The van der Waals surface area contributed by atoms with Crippen LogP contribution in [0.1, 0.15) is 26.5 Å². The summed E-state index contributed by atoms with van der Waals surface area (Å²) in [7, 11) is -3.57. The van der Waals surface area contributed by atoms with Crippen LogP contribution >= 0.6 is 0 Å². The molecule has 0 saturated carbocycles. The molecule has 114 valence electrons. The Morgan fingerprint density at radius 2 is 2.15 bits per heavy atom. The van der Waals surface area contributed by atoms with Crippen molar-refractivity contribution in [2.75, 3.05) is 19.6 Å². The van der Waals surface area contributed by atoms with Crippen LogP contribution < -0.4 is 5.32 Å². The fourth-order valence-electron chi connectivity index (χ4n) is 1.74. The monoisotopic (exact) mass is 300 g/mol. The second kappa shape index (κ2) is 7.61. The van der Waals surface area contributed by atoms with E-state index in [1.807, 2.05) is 0 Å². The summed E-state index contributed by atoms with van der Waals surface area (Å²) in [6, 6.07) is 3.20. The van der Waals surface area contributed by atoms with Gasteiger partial charge in [0.2, 0.25) is 5.09 Å². The predicted molar refractivity (Wildman–Crippen MR) is 79.9 cm³/mol. The highest BCUT2D eigenvalue weighted by molar-refractivity contribution is 7.89. The van der Waals surface area contributed by atoms with Crippen LogP contribution in [0.5, 0.6) is 0 Å². The molecule has 1 aromatic rings. The number of nitrogens with zero attached hydrogens (tertiary/aromatic N) is 1. The number of rotatable bonds is 9. The molecule has 0 amide bonds. The molecular formula is C14H24N2O3S. The number of likely N-dealkylation sites (N-methyl/N-ethyl adjacent to an activating group) is 1. The lowest BCUT2D eigenvalue weighted by molar-refractivity contribution is 0.374. The summed E-state index contributed by atoms with van der Waals surface area (Å²) < 4.78 is 31.4. The summed E-state index contributed by atoms with van der Waals surface area (Å²) in [4.78, 5) is 0. The van der Waals surface area contributed by atoms with Gasteiger partial charge in [0, 0.05) is 13.1 Å². The standard InChI is InChI=1S/C14H24N2O3S/c1-5-9-16(6-2)20(17,18)14-8-7-13(19-14)11-15-10-12(3)4/h5,7-8,12,15H,1,6,9-11H2,2-4H3. The van der Waals surface area contributed by atoms with Gasteiger partial charge in [-0.1, -0.05) is 26.8 Å². The van der Waals surface area contributed by atoms with Gasteiger partial charge in [-0.15, -0.1) is 6.58 Å². The molecule has 0 aromatic carbocycles. The van der Waals surface area contributed by atoms with Crippen LogP contribution in [0.15, 0.2) is 34.3 Å². The third-order valence-electron chi connectivity index (χ3n) is 2.77. The topological polar surface area (TPSA) is 62.6 Å². The predicted octanol–water partition coefficient (Wildman–Crippen LogP) is 2.22. The Bertz CT molecular complexity index is 520. The van der Waals surface area contributed by atoms with E-state index in [2.05, 4.69) is 25.7 Å². The van der Waals surface area contributed by atoms with Crippen molar-refractivity contribution in [3.05, 3.63) is 30.5 Å². The molecule has 0 bridgehead atoms. The Kier molecular flexibility index (Phi) is 6.45. The molecule has 0 atom stereocenters. The second-order valence-electron chi connectivity index (χ2n) is 4.99. The molecule has 1 aromatic heterocycles. The van der Waals surface area contributed by atoms with Crippen LogP contribution in [0.25, 0.3) is 0 Å². The zero-order valence-corrected chi connectivity index (χ0v) is 13.2. The van der Waals surface area contributed by atoms with Crippen molar-refractivity contribution in [2.45, 2.75) is 32.4 Å². The van der Waals surface area contributed by atoms with E-state index in [-0.39, 0.29) is 11.6 Å². The van der Waals surface area contributed by atoms with E-state index in [0.717, 1.165) is 6.54 Å². The largest absolute Gasteiger partial charge is 0.447 e. The maximum absolute atomic E-state index is 12.3. The summed E-state index contributed by atoms with van der Waals surface area (Å²) in [5.41, 5.74) is 0. The molecule has 0 aliphatic heterocycles. The molecule has 0 unspecified atom stereocenters. The van der Waals surface area contributed by atoms with Crippen molar-refractivity contribution < 1.29 is 12.8 Å². The van der Waals surface area contributed by atoms with Crippen LogP contribution in [0, 0.1) is 5.92 Å². The summed E-state index contributed by atoms with van der Waals surface area (Å²) in [6.45, 7) is 11.6. The highest BCUT2D eigenvalue weighted by Gasteiger charge is 2.25. The molecule has 0 fully saturated rings. The fourth-order valence-corrected chi connectivity index (χ4v) is 3.09. The minimum atomic E-state index is -3.57. The van der Waals surface area contributed by atoms with E-state index in [1.165, 1.54) is 10.4 Å². The van der Waals surface area contributed by atoms with Crippen molar-refractivity contribution in [1.29, 1.82) is 0 Å². The maximum Gasteiger partial charge on any atom is 0.276 e. The fraction of sp³-hybridized carbons (Fsp3) is 0.571. The molecule has 5 nitrogen and oxygen atoms in total. The van der Waals surface area contributed by atoms with Gasteiger partial charge in [-0.05, 0) is 24.6 Å². The molecule has 20 heavy (non-hydrogen) atoms. The zero-order valence-electron chi connectivity index (χ0n) is 12.4. The summed E-state index contributed by atoms with van der Waals surface area (Å²) in [6.07, 6.45) is 1.56. The van der Waals surface area contributed by atoms with E-state index in [0.29, 0.717) is 24.8 Å². The lowest BCUT2D eigenvalue weighted by Gasteiger charge is -2.16. The lowest BCUT2D eigenvalue weighted by atomic mass is 10.2. The average Bonchev–Trinajstić information content (AvgIpc) is 2.84. The van der Waals surface area contributed by atoms with Crippen molar-refractivity contribution in [1.82, 2.24) is 9.62 Å². The van der Waals surface area contributed by atoms with Crippen LogP contribution in [-0.4, -0.2) is 32.4 Å². The van der Waals surface area contributed by atoms with Crippen LogP contribution in [0.4, 0.5) is 0 Å². The maximum atomic E-state index is 12.3. The average molecular weight is 300 g/mol. The first-order chi connectivity index (χ1) is 9.41. The van der Waals surface area contributed by atoms with Crippen LogP contribution in [0.3, 0.4) is 0 Å². The van der Waals surface area contributed by atoms with Gasteiger partial charge in [-0.3, -0.25) is 0 Å². The van der Waals surface area contributed by atoms with E-state index >= 15 is 0 Å². The number of nitrogens with one attached hydrogen (secondary N) is 1. The summed E-state index contributed by atoms with van der Waals surface area (Å²) in [5, 5.41) is 3.20. The molecule has 0 aliphatic carbocycles. The minimum Gasteiger partial charge on any atom is -0.447 e. The number of sulfonamides is 1. The van der Waals surface area contributed by atoms with E-state index in [1.54, 1.807) is 19.1 Å². The molecular weight excluding hydrogens is 276 g/mol. The molecule has 0 saturated heterocycles. The van der Waals surface area contributed by atoms with Gasteiger partial charge in [0.1, 0.15) is 5.76 Å². The van der Waals surface area contributed by atoms with Crippen LogP contribution in [0.2, 0.25) is 0 Å². The van der Waals surface area contributed by atoms with Crippen molar-refractivity contribution in [3.8, 4) is 0 Å². The van der Waals surface area contributed by atoms with Gasteiger partial charge in [-0.25, -0.2) is 8.42 Å². The third-order valence-corrected chi connectivity index (χ3v) is 4.58. The zero-order chi connectivity index (χ0) is 15.2. The van der Waals surface area contributed by atoms with Gasteiger partial charge in [0.25, 0.3) is 10.0 Å². The highest BCUT2D eigenvalue weighted by Crippen LogP contribution is 2.18. The molecule has 0 aliphatic rings. The Balaban J connectivity index is 2.76. The number of hydrogen-bond donors (Lipinski definition) is 1. The first kappa shape index (κ1) is 16.9. The number of hydrogen-bond acceptors (Lipinski definition) is 4. The Labute approximate surface area is 121 Å². The Morgan fingerprint density at radius 1 is 1.45 bits per heavy atom. The Morgan fingerprint density at radius 3 is 2.70 bits per heavy atom. The van der Waals surface area contributed by atoms with E-state index < -0.39 is 10.0 Å². The number of furan rings is 1. The quantitative estimate of drug-likeness (QED) is 0.710.